The minimum absolute atomic E-state index is 0.371. The van der Waals surface area contributed by atoms with E-state index in [0.29, 0.717) is 0 Å². The summed E-state index contributed by atoms with van der Waals surface area (Å²) < 4.78 is 86.4. The molecule has 1 aromatic carbocycles. The standard InChI is InChI=1S/C10H7F7/c11-8(9(12,13)14,10(15,16)17)6-7-4-2-1-3-5-7/h1-5H,6H2. The van der Waals surface area contributed by atoms with Crippen LogP contribution in [0.5, 0.6) is 0 Å². The maximum absolute atomic E-state index is 13.2. The summed E-state index contributed by atoms with van der Waals surface area (Å²) in [6.07, 6.45) is -13.8. The van der Waals surface area contributed by atoms with E-state index in [-0.39, 0.29) is 5.56 Å². The molecule has 0 aliphatic carbocycles. The first-order chi connectivity index (χ1) is 7.58. The van der Waals surface area contributed by atoms with Gasteiger partial charge in [-0.05, 0) is 5.56 Å². The number of halogens is 7. The van der Waals surface area contributed by atoms with Crippen molar-refractivity contribution in [2.75, 3.05) is 0 Å². The third-order valence-electron chi connectivity index (χ3n) is 2.19. The zero-order valence-electron chi connectivity index (χ0n) is 8.24. The highest BCUT2D eigenvalue weighted by Gasteiger charge is 2.72. The van der Waals surface area contributed by atoms with E-state index in [1.807, 2.05) is 0 Å². The molecule has 0 nitrogen and oxygen atoms in total. The van der Waals surface area contributed by atoms with Gasteiger partial charge in [0.15, 0.2) is 0 Å². The van der Waals surface area contributed by atoms with Gasteiger partial charge in [0.05, 0.1) is 0 Å². The average molecular weight is 260 g/mol. The van der Waals surface area contributed by atoms with Crippen molar-refractivity contribution < 1.29 is 30.7 Å². The molecule has 7 heteroatoms. The Morgan fingerprint density at radius 1 is 0.706 bits per heavy atom. The third-order valence-corrected chi connectivity index (χ3v) is 2.19. The predicted octanol–water partition coefficient (Wildman–Crippen LogP) is 4.06. The second-order valence-corrected chi connectivity index (χ2v) is 3.46. The van der Waals surface area contributed by atoms with E-state index in [9.17, 15) is 30.7 Å². The topological polar surface area (TPSA) is 0 Å². The third kappa shape index (κ3) is 2.70. The molecule has 0 N–H and O–H groups in total. The second kappa shape index (κ2) is 4.19. The van der Waals surface area contributed by atoms with Crippen molar-refractivity contribution in [3.63, 3.8) is 0 Å². The van der Waals surface area contributed by atoms with Crippen molar-refractivity contribution in [2.24, 2.45) is 0 Å². The van der Waals surface area contributed by atoms with Crippen LogP contribution in [0, 0.1) is 0 Å². The molecule has 96 valence electrons. The lowest BCUT2D eigenvalue weighted by molar-refractivity contribution is -0.340. The molecule has 0 bridgehead atoms. The molecular formula is C10H7F7. The fourth-order valence-electron chi connectivity index (χ4n) is 1.24. The molecule has 0 heterocycles. The van der Waals surface area contributed by atoms with Gasteiger partial charge in [0.25, 0.3) is 0 Å². The second-order valence-electron chi connectivity index (χ2n) is 3.46. The number of hydrogen-bond donors (Lipinski definition) is 0. The zero-order chi connectivity index (χ0) is 13.3. The van der Waals surface area contributed by atoms with Crippen LogP contribution >= 0.6 is 0 Å². The molecular weight excluding hydrogens is 253 g/mol. The smallest absolute Gasteiger partial charge is 0.223 e. The van der Waals surface area contributed by atoms with Gasteiger partial charge in [0.1, 0.15) is 0 Å². The van der Waals surface area contributed by atoms with E-state index in [0.717, 1.165) is 12.1 Å². The number of hydrogen-bond acceptors (Lipinski definition) is 0. The lowest BCUT2D eigenvalue weighted by Crippen LogP contribution is -2.54. The van der Waals surface area contributed by atoms with Crippen molar-refractivity contribution >= 4 is 0 Å². The van der Waals surface area contributed by atoms with Crippen LogP contribution < -0.4 is 0 Å². The van der Waals surface area contributed by atoms with Crippen molar-refractivity contribution in [3.05, 3.63) is 35.9 Å². The Hall–Kier alpha value is -1.27. The van der Waals surface area contributed by atoms with Gasteiger partial charge in [-0.1, -0.05) is 30.3 Å². The van der Waals surface area contributed by atoms with Crippen LogP contribution in [0.2, 0.25) is 0 Å². The molecule has 1 aromatic rings. The van der Waals surface area contributed by atoms with E-state index in [2.05, 4.69) is 0 Å². The summed E-state index contributed by atoms with van der Waals surface area (Å²) in [4.78, 5) is 0. The lowest BCUT2D eigenvalue weighted by atomic mass is 9.95. The van der Waals surface area contributed by atoms with E-state index in [1.54, 1.807) is 0 Å². The van der Waals surface area contributed by atoms with Crippen molar-refractivity contribution in [1.82, 2.24) is 0 Å². The van der Waals surface area contributed by atoms with E-state index < -0.39 is 24.4 Å². The predicted molar refractivity (Wildman–Crippen MR) is 46.1 cm³/mol. The molecule has 0 radical (unpaired) electrons. The van der Waals surface area contributed by atoms with Crippen molar-refractivity contribution in [2.45, 2.75) is 24.4 Å². The van der Waals surface area contributed by atoms with Crippen molar-refractivity contribution in [1.29, 1.82) is 0 Å². The number of benzene rings is 1. The Kier molecular flexibility index (Phi) is 3.40. The van der Waals surface area contributed by atoms with Crippen LogP contribution in [0.4, 0.5) is 30.7 Å². The summed E-state index contributed by atoms with van der Waals surface area (Å²) in [6, 6.07) is 5.90. The summed E-state index contributed by atoms with van der Waals surface area (Å²) in [5, 5.41) is 0. The van der Waals surface area contributed by atoms with E-state index >= 15 is 0 Å². The lowest BCUT2D eigenvalue weighted by Gasteiger charge is -2.29. The van der Waals surface area contributed by atoms with Gasteiger partial charge < -0.3 is 0 Å². The fourth-order valence-corrected chi connectivity index (χ4v) is 1.24. The molecule has 0 aliphatic rings. The molecule has 0 spiro atoms. The number of rotatable bonds is 2. The largest absolute Gasteiger partial charge is 0.431 e. The highest BCUT2D eigenvalue weighted by Crippen LogP contribution is 2.47. The summed E-state index contributed by atoms with van der Waals surface area (Å²) in [5.74, 6) is 0. The molecule has 0 atom stereocenters. The summed E-state index contributed by atoms with van der Waals surface area (Å²) in [7, 11) is 0. The highest BCUT2D eigenvalue weighted by molar-refractivity contribution is 5.19. The number of alkyl halides is 7. The van der Waals surface area contributed by atoms with Crippen LogP contribution in [0.3, 0.4) is 0 Å². The molecule has 1 rings (SSSR count). The van der Waals surface area contributed by atoms with E-state index in [4.69, 9.17) is 0 Å². The minimum atomic E-state index is -6.00. The molecule has 0 amide bonds. The monoisotopic (exact) mass is 260 g/mol. The maximum atomic E-state index is 13.2. The molecule has 0 aliphatic heterocycles. The zero-order valence-corrected chi connectivity index (χ0v) is 8.24. The molecule has 0 saturated carbocycles. The first-order valence-corrected chi connectivity index (χ1v) is 4.44. The molecule has 0 saturated heterocycles. The Balaban J connectivity index is 3.11. The Labute approximate surface area is 92.0 Å². The molecule has 0 aromatic heterocycles. The summed E-state index contributed by atoms with van der Waals surface area (Å²) in [5.41, 5.74) is -5.59. The van der Waals surface area contributed by atoms with Gasteiger partial charge in [-0.15, -0.1) is 0 Å². The Bertz CT molecular complexity index is 348. The Morgan fingerprint density at radius 3 is 1.47 bits per heavy atom. The van der Waals surface area contributed by atoms with Gasteiger partial charge in [0, 0.05) is 6.42 Å². The van der Waals surface area contributed by atoms with Crippen molar-refractivity contribution in [3.8, 4) is 0 Å². The van der Waals surface area contributed by atoms with E-state index in [1.165, 1.54) is 18.2 Å². The van der Waals surface area contributed by atoms with Gasteiger partial charge in [-0.3, -0.25) is 0 Å². The first kappa shape index (κ1) is 13.8. The molecule has 0 fully saturated rings. The Morgan fingerprint density at radius 2 is 1.12 bits per heavy atom. The van der Waals surface area contributed by atoms with Crippen LogP contribution in [-0.4, -0.2) is 18.0 Å². The van der Waals surface area contributed by atoms with Crippen LogP contribution in [0.25, 0.3) is 0 Å². The normalized spacial score (nSPS) is 13.8. The maximum Gasteiger partial charge on any atom is 0.431 e. The average Bonchev–Trinajstić information content (AvgIpc) is 2.15. The van der Waals surface area contributed by atoms with Gasteiger partial charge >= 0.3 is 18.0 Å². The van der Waals surface area contributed by atoms with Crippen LogP contribution in [-0.2, 0) is 6.42 Å². The molecule has 0 unspecified atom stereocenters. The van der Waals surface area contributed by atoms with Gasteiger partial charge in [-0.2, -0.15) is 26.3 Å². The fraction of sp³-hybridized carbons (Fsp3) is 0.400. The highest BCUT2D eigenvalue weighted by atomic mass is 19.4. The quantitative estimate of drug-likeness (QED) is 0.703. The van der Waals surface area contributed by atoms with Crippen LogP contribution in [0.15, 0.2) is 30.3 Å². The molecule has 17 heavy (non-hydrogen) atoms. The summed E-state index contributed by atoms with van der Waals surface area (Å²) >= 11 is 0. The minimum Gasteiger partial charge on any atom is -0.223 e. The van der Waals surface area contributed by atoms with Crippen LogP contribution in [0.1, 0.15) is 5.56 Å². The summed E-state index contributed by atoms with van der Waals surface area (Å²) in [6.45, 7) is 0. The van der Waals surface area contributed by atoms with Gasteiger partial charge in [-0.25, -0.2) is 4.39 Å². The van der Waals surface area contributed by atoms with Gasteiger partial charge in [0.2, 0.25) is 0 Å². The first-order valence-electron chi connectivity index (χ1n) is 4.44. The SMILES string of the molecule is FC(F)(F)C(F)(Cc1ccccc1)C(F)(F)F.